The summed E-state index contributed by atoms with van der Waals surface area (Å²) in [6.07, 6.45) is 28.8. The molecule has 0 aromatic heterocycles. The van der Waals surface area contributed by atoms with Crippen LogP contribution in [0.3, 0.4) is 0 Å². The van der Waals surface area contributed by atoms with Gasteiger partial charge in [-0.1, -0.05) is 131 Å². The quantitative estimate of drug-likeness (QED) is 0.107. The lowest BCUT2D eigenvalue weighted by Gasteiger charge is -2.13. The summed E-state index contributed by atoms with van der Waals surface area (Å²) in [7, 11) is 0. The molecule has 0 amide bonds. The van der Waals surface area contributed by atoms with Crippen molar-refractivity contribution in [1.29, 1.82) is 0 Å². The zero-order chi connectivity index (χ0) is 25.5. The van der Waals surface area contributed by atoms with Crippen molar-refractivity contribution >= 4 is 12.2 Å². The number of rotatable bonds is 21. The number of benzene rings is 2. The summed E-state index contributed by atoms with van der Waals surface area (Å²) in [5.74, 6) is 0.860. The Morgan fingerprint density at radius 1 is 0.667 bits per heavy atom. The monoisotopic (exact) mass is 490 g/mol. The van der Waals surface area contributed by atoms with Crippen molar-refractivity contribution in [2.24, 2.45) is 0 Å². The average molecular weight is 491 g/mol. The maximum atomic E-state index is 9.21. The first kappa shape index (κ1) is 29.9. The molecule has 0 aliphatic carbocycles. The summed E-state index contributed by atoms with van der Waals surface area (Å²) < 4.78 is 5.84. The summed E-state index contributed by atoms with van der Waals surface area (Å²) in [4.78, 5) is 0. The molecule has 0 atom stereocenters. The van der Waals surface area contributed by atoms with Crippen LogP contribution in [0.15, 0.2) is 60.7 Å². The summed E-state index contributed by atoms with van der Waals surface area (Å²) in [5, 5.41) is 9.21. The predicted molar refractivity (Wildman–Crippen MR) is 158 cm³/mol. The number of allylic oxidation sites excluding steroid dienone is 2. The van der Waals surface area contributed by atoms with Gasteiger partial charge in [0.2, 0.25) is 0 Å². The molecule has 0 saturated heterocycles. The van der Waals surface area contributed by atoms with Gasteiger partial charge in [0.25, 0.3) is 0 Å². The molecule has 0 saturated carbocycles. The molecule has 2 rings (SSSR count). The van der Waals surface area contributed by atoms with Crippen molar-refractivity contribution in [3.8, 4) is 5.75 Å². The van der Waals surface area contributed by atoms with E-state index in [0.29, 0.717) is 6.61 Å². The molecule has 1 N–H and O–H groups in total. The topological polar surface area (TPSA) is 29.5 Å². The third-order valence-electron chi connectivity index (χ3n) is 6.71. The van der Waals surface area contributed by atoms with Gasteiger partial charge in [-0.3, -0.25) is 0 Å². The van der Waals surface area contributed by atoms with Gasteiger partial charge in [0.05, 0.1) is 6.61 Å². The summed E-state index contributed by atoms with van der Waals surface area (Å²) in [6.45, 7) is 2.63. The first-order valence-electron chi connectivity index (χ1n) is 14.6. The number of aryl methyl sites for hydroxylation is 1. The molecule has 0 unspecified atom stereocenters. The lowest BCUT2D eigenvalue weighted by molar-refractivity contribution is 0.201. The molecular formula is C34H50O2. The van der Waals surface area contributed by atoms with Gasteiger partial charge in [0.1, 0.15) is 12.4 Å². The Labute approximate surface area is 221 Å². The molecule has 0 bridgehead atoms. The molecule has 0 aliphatic rings. The van der Waals surface area contributed by atoms with Crippen LogP contribution in [0.5, 0.6) is 5.75 Å². The first-order chi connectivity index (χ1) is 17.8. The van der Waals surface area contributed by atoms with E-state index in [0.717, 1.165) is 17.7 Å². The predicted octanol–water partition coefficient (Wildman–Crippen LogP) is 9.81. The van der Waals surface area contributed by atoms with Gasteiger partial charge in [0, 0.05) is 5.56 Å². The maximum Gasteiger partial charge on any atom is 0.126 e. The molecule has 0 aliphatic heterocycles. The Balaban J connectivity index is 1.64. The highest BCUT2D eigenvalue weighted by molar-refractivity contribution is 5.74. The summed E-state index contributed by atoms with van der Waals surface area (Å²) in [6, 6.07) is 16.7. The Bertz CT molecular complexity index is 838. The van der Waals surface area contributed by atoms with Crippen molar-refractivity contribution in [2.75, 3.05) is 13.2 Å². The molecule has 2 nitrogen and oxygen atoms in total. The van der Waals surface area contributed by atoms with E-state index >= 15 is 0 Å². The summed E-state index contributed by atoms with van der Waals surface area (Å²) in [5.41, 5.74) is 3.65. The van der Waals surface area contributed by atoms with Crippen molar-refractivity contribution in [1.82, 2.24) is 0 Å². The van der Waals surface area contributed by atoms with Crippen LogP contribution in [0.1, 0.15) is 114 Å². The molecule has 2 aromatic rings. The molecule has 0 heterocycles. The minimum atomic E-state index is 0.0288. The zero-order valence-electron chi connectivity index (χ0n) is 22.8. The smallest absolute Gasteiger partial charge is 0.126 e. The van der Waals surface area contributed by atoms with Crippen LogP contribution in [0.2, 0.25) is 0 Å². The van der Waals surface area contributed by atoms with Gasteiger partial charge >= 0.3 is 0 Å². The fourth-order valence-electron chi connectivity index (χ4n) is 4.58. The molecular weight excluding hydrogens is 440 g/mol. The fraction of sp³-hybridized carbons (Fsp3) is 0.529. The van der Waals surface area contributed by atoms with Gasteiger partial charge in [0.15, 0.2) is 0 Å². The largest absolute Gasteiger partial charge is 0.491 e. The lowest BCUT2D eigenvalue weighted by atomic mass is 9.98. The SMILES string of the molecule is CCCCCCCC/C=C\CCCCCCCCc1cccc(OCCO)c1C=Cc1ccccc1. The molecule has 0 fully saturated rings. The zero-order valence-corrected chi connectivity index (χ0v) is 22.8. The molecule has 198 valence electrons. The molecule has 0 spiro atoms. The highest BCUT2D eigenvalue weighted by Gasteiger charge is 2.07. The second-order valence-corrected chi connectivity index (χ2v) is 9.83. The second-order valence-electron chi connectivity index (χ2n) is 9.83. The number of hydrogen-bond donors (Lipinski definition) is 1. The van der Waals surface area contributed by atoms with Crippen LogP contribution in [0.4, 0.5) is 0 Å². The number of aliphatic hydroxyl groups is 1. The molecule has 0 radical (unpaired) electrons. The molecule has 2 heteroatoms. The number of ether oxygens (including phenoxy) is 1. The normalized spacial score (nSPS) is 11.6. The Morgan fingerprint density at radius 2 is 1.31 bits per heavy atom. The van der Waals surface area contributed by atoms with Crippen LogP contribution in [0.25, 0.3) is 12.2 Å². The third kappa shape index (κ3) is 13.7. The van der Waals surface area contributed by atoms with Crippen LogP contribution < -0.4 is 4.74 Å². The first-order valence-corrected chi connectivity index (χ1v) is 14.6. The van der Waals surface area contributed by atoms with Crippen LogP contribution >= 0.6 is 0 Å². The fourth-order valence-corrected chi connectivity index (χ4v) is 4.58. The third-order valence-corrected chi connectivity index (χ3v) is 6.71. The van der Waals surface area contributed by atoms with Gasteiger partial charge < -0.3 is 9.84 Å². The van der Waals surface area contributed by atoms with E-state index in [-0.39, 0.29) is 6.61 Å². The van der Waals surface area contributed by atoms with Crippen LogP contribution in [-0.4, -0.2) is 18.3 Å². The van der Waals surface area contributed by atoms with Gasteiger partial charge in [-0.2, -0.15) is 0 Å². The number of unbranched alkanes of at least 4 members (excludes halogenated alkanes) is 12. The summed E-state index contributed by atoms with van der Waals surface area (Å²) >= 11 is 0. The Kier molecular flexibility index (Phi) is 17.3. The standard InChI is InChI=1S/C34H50O2/c1-2-3-4-5-6-7-8-9-10-11-12-13-14-15-16-20-24-32-25-21-26-34(36-30-29-35)33(32)28-27-31-22-18-17-19-23-31/h9-10,17-19,21-23,25-28,35H,2-8,11-16,20,24,29-30H2,1H3/b10-9-,28-27?. The second kappa shape index (κ2) is 20.8. The minimum absolute atomic E-state index is 0.0288. The van der Waals surface area contributed by atoms with E-state index in [1.54, 1.807) is 0 Å². The van der Waals surface area contributed by atoms with Crippen LogP contribution in [0, 0.1) is 0 Å². The van der Waals surface area contributed by atoms with E-state index in [4.69, 9.17) is 4.74 Å². The van der Waals surface area contributed by atoms with E-state index in [1.807, 2.05) is 12.1 Å². The highest BCUT2D eigenvalue weighted by atomic mass is 16.5. The molecule has 2 aromatic carbocycles. The number of hydrogen-bond acceptors (Lipinski definition) is 2. The Hall–Kier alpha value is -2.32. The van der Waals surface area contributed by atoms with E-state index in [2.05, 4.69) is 67.6 Å². The minimum Gasteiger partial charge on any atom is -0.491 e. The van der Waals surface area contributed by atoms with E-state index < -0.39 is 0 Å². The average Bonchev–Trinajstić information content (AvgIpc) is 2.91. The molecule has 36 heavy (non-hydrogen) atoms. The van der Waals surface area contributed by atoms with Crippen molar-refractivity contribution in [3.05, 3.63) is 77.4 Å². The Morgan fingerprint density at radius 3 is 1.97 bits per heavy atom. The van der Waals surface area contributed by atoms with Gasteiger partial charge in [-0.25, -0.2) is 0 Å². The van der Waals surface area contributed by atoms with Crippen molar-refractivity contribution < 1.29 is 9.84 Å². The van der Waals surface area contributed by atoms with Gasteiger partial charge in [-0.15, -0.1) is 0 Å². The number of aliphatic hydroxyl groups excluding tert-OH is 1. The highest BCUT2D eigenvalue weighted by Crippen LogP contribution is 2.27. The van der Waals surface area contributed by atoms with E-state index in [1.165, 1.54) is 101 Å². The van der Waals surface area contributed by atoms with Crippen molar-refractivity contribution in [3.63, 3.8) is 0 Å². The lowest BCUT2D eigenvalue weighted by Crippen LogP contribution is -2.04. The maximum absolute atomic E-state index is 9.21. The van der Waals surface area contributed by atoms with Gasteiger partial charge in [-0.05, 0) is 55.7 Å². The van der Waals surface area contributed by atoms with Crippen LogP contribution in [-0.2, 0) is 6.42 Å². The van der Waals surface area contributed by atoms with Crippen molar-refractivity contribution in [2.45, 2.75) is 103 Å². The van der Waals surface area contributed by atoms with E-state index in [9.17, 15) is 5.11 Å².